The average Bonchev–Trinajstić information content (AvgIpc) is 3.42. The number of nitrogens with zero attached hydrogens (tertiary/aromatic N) is 3. The second-order valence-electron chi connectivity index (χ2n) is 7.78. The van der Waals surface area contributed by atoms with Crippen molar-refractivity contribution in [3.8, 4) is 5.75 Å². The standard InChI is InChI=1S/C24H31N5O2.HI/c1-3-25-24(26-11-9-20-16-29-12-5-4-6-23(29)28-20)27-15-19-8-7-18(2)14-22(19)31-21-10-13-30-17-21;/h4-8,12,14,16,21H,3,9-11,13,15,17H2,1-2H3,(H2,25,26,27);1H. The minimum Gasteiger partial charge on any atom is -0.488 e. The molecule has 0 saturated carbocycles. The van der Waals surface area contributed by atoms with Crippen molar-refractivity contribution in [1.82, 2.24) is 20.0 Å². The Kier molecular flexibility index (Phi) is 9.16. The van der Waals surface area contributed by atoms with E-state index in [0.717, 1.165) is 61.2 Å². The minimum absolute atomic E-state index is 0. The minimum atomic E-state index is 0. The summed E-state index contributed by atoms with van der Waals surface area (Å²) in [6, 6.07) is 12.3. The van der Waals surface area contributed by atoms with Gasteiger partial charge in [-0.05, 0) is 37.6 Å². The predicted molar refractivity (Wildman–Crippen MR) is 138 cm³/mol. The number of nitrogens with one attached hydrogen (secondary N) is 2. The van der Waals surface area contributed by atoms with E-state index in [1.165, 1.54) is 5.56 Å². The highest BCUT2D eigenvalue weighted by molar-refractivity contribution is 14.0. The molecule has 0 bridgehead atoms. The number of guanidine groups is 1. The first-order chi connectivity index (χ1) is 15.2. The summed E-state index contributed by atoms with van der Waals surface area (Å²) in [7, 11) is 0. The molecule has 1 saturated heterocycles. The van der Waals surface area contributed by atoms with Gasteiger partial charge in [-0.1, -0.05) is 18.2 Å². The molecule has 1 unspecified atom stereocenters. The van der Waals surface area contributed by atoms with E-state index in [-0.39, 0.29) is 30.1 Å². The van der Waals surface area contributed by atoms with Crippen molar-refractivity contribution in [2.75, 3.05) is 26.3 Å². The lowest BCUT2D eigenvalue weighted by Gasteiger charge is -2.16. The van der Waals surface area contributed by atoms with Crippen LogP contribution in [-0.4, -0.2) is 47.8 Å². The fraction of sp³-hybridized carbons (Fsp3) is 0.417. The van der Waals surface area contributed by atoms with Crippen molar-refractivity contribution >= 4 is 35.6 Å². The third-order valence-electron chi connectivity index (χ3n) is 5.24. The van der Waals surface area contributed by atoms with Crippen LogP contribution in [0.25, 0.3) is 5.65 Å². The van der Waals surface area contributed by atoms with Crippen LogP contribution in [0, 0.1) is 6.92 Å². The maximum absolute atomic E-state index is 6.20. The molecule has 3 heterocycles. The van der Waals surface area contributed by atoms with Crippen molar-refractivity contribution in [3.05, 3.63) is 65.6 Å². The number of benzene rings is 1. The molecule has 1 aromatic carbocycles. The second kappa shape index (κ2) is 12.1. The van der Waals surface area contributed by atoms with Gasteiger partial charge in [0.1, 0.15) is 17.5 Å². The predicted octanol–water partition coefficient (Wildman–Crippen LogP) is 3.73. The van der Waals surface area contributed by atoms with Crippen molar-refractivity contribution in [2.24, 2.45) is 4.99 Å². The van der Waals surface area contributed by atoms with Gasteiger partial charge in [-0.2, -0.15) is 0 Å². The maximum Gasteiger partial charge on any atom is 0.191 e. The Labute approximate surface area is 206 Å². The fourth-order valence-corrected chi connectivity index (χ4v) is 3.61. The van der Waals surface area contributed by atoms with Crippen LogP contribution >= 0.6 is 24.0 Å². The van der Waals surface area contributed by atoms with Gasteiger partial charge in [0.2, 0.25) is 0 Å². The molecule has 7 nitrogen and oxygen atoms in total. The Morgan fingerprint density at radius 2 is 2.19 bits per heavy atom. The molecule has 0 amide bonds. The molecular weight excluding hydrogens is 517 g/mol. The topological polar surface area (TPSA) is 72.2 Å². The summed E-state index contributed by atoms with van der Waals surface area (Å²) in [5.74, 6) is 1.70. The van der Waals surface area contributed by atoms with Crippen molar-refractivity contribution in [3.63, 3.8) is 0 Å². The van der Waals surface area contributed by atoms with Gasteiger partial charge in [0.15, 0.2) is 5.96 Å². The highest BCUT2D eigenvalue weighted by Gasteiger charge is 2.18. The molecule has 3 aromatic rings. The Balaban J connectivity index is 0.00000289. The molecule has 1 fully saturated rings. The molecule has 4 rings (SSSR count). The van der Waals surface area contributed by atoms with Gasteiger partial charge in [0.25, 0.3) is 0 Å². The number of hydrogen-bond donors (Lipinski definition) is 2. The first-order valence-corrected chi connectivity index (χ1v) is 11.0. The summed E-state index contributed by atoms with van der Waals surface area (Å²) in [6.45, 7) is 7.68. The summed E-state index contributed by atoms with van der Waals surface area (Å²) in [5, 5.41) is 6.74. The molecule has 0 spiro atoms. The number of aryl methyl sites for hydroxylation is 1. The smallest absolute Gasteiger partial charge is 0.191 e. The first kappa shape index (κ1) is 24.3. The normalized spacial score (nSPS) is 16.1. The molecule has 1 aliphatic rings. The zero-order chi connectivity index (χ0) is 21.5. The molecule has 172 valence electrons. The van der Waals surface area contributed by atoms with E-state index < -0.39 is 0 Å². The van der Waals surface area contributed by atoms with Gasteiger partial charge >= 0.3 is 0 Å². The summed E-state index contributed by atoms with van der Waals surface area (Å²) < 4.78 is 13.7. The van der Waals surface area contributed by atoms with Gasteiger partial charge < -0.3 is 24.5 Å². The van der Waals surface area contributed by atoms with Gasteiger partial charge in [-0.25, -0.2) is 9.98 Å². The Morgan fingerprint density at radius 3 is 2.97 bits per heavy atom. The van der Waals surface area contributed by atoms with E-state index in [1.807, 2.05) is 28.8 Å². The Morgan fingerprint density at radius 1 is 1.28 bits per heavy atom. The van der Waals surface area contributed by atoms with Crippen LogP contribution in [0.15, 0.2) is 53.8 Å². The molecule has 0 aliphatic carbocycles. The van der Waals surface area contributed by atoms with E-state index >= 15 is 0 Å². The van der Waals surface area contributed by atoms with Crippen LogP contribution in [0.3, 0.4) is 0 Å². The largest absolute Gasteiger partial charge is 0.488 e. The molecule has 8 heteroatoms. The van der Waals surface area contributed by atoms with E-state index in [0.29, 0.717) is 13.2 Å². The highest BCUT2D eigenvalue weighted by Crippen LogP contribution is 2.24. The second-order valence-corrected chi connectivity index (χ2v) is 7.78. The molecule has 1 atom stereocenters. The zero-order valence-corrected chi connectivity index (χ0v) is 21.0. The quantitative estimate of drug-likeness (QED) is 0.255. The Hall–Kier alpha value is -2.33. The molecule has 32 heavy (non-hydrogen) atoms. The summed E-state index contributed by atoms with van der Waals surface area (Å²) in [5.41, 5.74) is 4.29. The molecule has 2 N–H and O–H groups in total. The highest BCUT2D eigenvalue weighted by atomic mass is 127. The SMILES string of the molecule is CCNC(=NCc1ccc(C)cc1OC1CCOC1)NCCc1cn2ccccc2n1.I. The number of ether oxygens (including phenoxy) is 2. The first-order valence-electron chi connectivity index (χ1n) is 11.0. The van der Waals surface area contributed by atoms with Crippen LogP contribution in [0.1, 0.15) is 30.2 Å². The number of imidazole rings is 1. The third-order valence-corrected chi connectivity index (χ3v) is 5.24. The summed E-state index contributed by atoms with van der Waals surface area (Å²) in [4.78, 5) is 9.43. The average molecular weight is 549 g/mol. The van der Waals surface area contributed by atoms with Crippen LogP contribution in [-0.2, 0) is 17.7 Å². The lowest BCUT2D eigenvalue weighted by molar-refractivity contribution is 0.140. The molecule has 1 aliphatic heterocycles. The van der Waals surface area contributed by atoms with Crippen molar-refractivity contribution in [1.29, 1.82) is 0 Å². The van der Waals surface area contributed by atoms with Crippen LogP contribution in [0.2, 0.25) is 0 Å². The maximum atomic E-state index is 6.20. The fourth-order valence-electron chi connectivity index (χ4n) is 3.61. The van der Waals surface area contributed by atoms with Crippen molar-refractivity contribution < 1.29 is 9.47 Å². The van der Waals surface area contributed by atoms with Gasteiger partial charge in [-0.3, -0.25) is 0 Å². The van der Waals surface area contributed by atoms with Crippen LogP contribution in [0.4, 0.5) is 0 Å². The van der Waals surface area contributed by atoms with Gasteiger partial charge in [0, 0.05) is 43.9 Å². The molecule has 0 radical (unpaired) electrons. The molecular formula is C24H32IN5O2. The number of pyridine rings is 1. The van der Waals surface area contributed by atoms with E-state index in [2.05, 4.69) is 53.9 Å². The van der Waals surface area contributed by atoms with Gasteiger partial charge in [-0.15, -0.1) is 24.0 Å². The van der Waals surface area contributed by atoms with E-state index in [9.17, 15) is 0 Å². The third kappa shape index (κ3) is 6.59. The molecule has 2 aromatic heterocycles. The number of rotatable bonds is 8. The summed E-state index contributed by atoms with van der Waals surface area (Å²) in [6.07, 6.45) is 5.98. The number of hydrogen-bond acceptors (Lipinski definition) is 4. The lowest BCUT2D eigenvalue weighted by Crippen LogP contribution is -2.38. The van der Waals surface area contributed by atoms with E-state index in [4.69, 9.17) is 14.5 Å². The number of halogens is 1. The number of aliphatic imine (C=N–C) groups is 1. The monoisotopic (exact) mass is 549 g/mol. The zero-order valence-electron chi connectivity index (χ0n) is 18.7. The van der Waals surface area contributed by atoms with E-state index in [1.54, 1.807) is 0 Å². The Bertz CT molecular complexity index is 997. The van der Waals surface area contributed by atoms with Crippen LogP contribution in [0.5, 0.6) is 5.75 Å². The summed E-state index contributed by atoms with van der Waals surface area (Å²) >= 11 is 0. The number of fused-ring (bicyclic) bond motifs is 1. The lowest BCUT2D eigenvalue weighted by atomic mass is 10.1. The number of aromatic nitrogens is 2. The van der Waals surface area contributed by atoms with Crippen molar-refractivity contribution in [2.45, 2.75) is 39.3 Å². The van der Waals surface area contributed by atoms with Gasteiger partial charge in [0.05, 0.1) is 25.5 Å². The van der Waals surface area contributed by atoms with Crippen LogP contribution < -0.4 is 15.4 Å².